The number of aromatic nitrogens is 1. The highest BCUT2D eigenvalue weighted by Gasteiger charge is 2.13. The summed E-state index contributed by atoms with van der Waals surface area (Å²) in [6.45, 7) is 1.86. The number of aryl methyl sites for hydroxylation is 1. The fourth-order valence-corrected chi connectivity index (χ4v) is 2.93. The number of carbonyl (C=O) groups is 1. The molecular formula is C12H10ClNO2S. The topological polar surface area (TPSA) is 50.2 Å². The second-order valence-corrected chi connectivity index (χ2v) is 5.06. The van der Waals surface area contributed by atoms with Crippen LogP contribution in [0.5, 0.6) is 0 Å². The van der Waals surface area contributed by atoms with Crippen LogP contribution in [0.3, 0.4) is 0 Å². The molecule has 1 aromatic heterocycles. The van der Waals surface area contributed by atoms with Crippen LogP contribution in [0.25, 0.3) is 10.4 Å². The van der Waals surface area contributed by atoms with Crippen molar-refractivity contribution in [3.8, 4) is 10.4 Å². The van der Waals surface area contributed by atoms with E-state index in [1.54, 1.807) is 0 Å². The van der Waals surface area contributed by atoms with Crippen LogP contribution in [0.15, 0.2) is 24.3 Å². The summed E-state index contributed by atoms with van der Waals surface area (Å²) in [5.74, 6) is -0.871. The number of halogens is 1. The van der Waals surface area contributed by atoms with Gasteiger partial charge in [0.2, 0.25) is 0 Å². The van der Waals surface area contributed by atoms with Crippen LogP contribution in [0.4, 0.5) is 0 Å². The van der Waals surface area contributed by atoms with E-state index < -0.39 is 5.97 Å². The molecule has 0 atom stereocenters. The van der Waals surface area contributed by atoms with Gasteiger partial charge in [0.15, 0.2) is 0 Å². The molecule has 0 saturated heterocycles. The number of carboxylic acids is 1. The van der Waals surface area contributed by atoms with Crippen LogP contribution in [0.1, 0.15) is 10.7 Å². The second-order valence-electron chi connectivity index (χ2n) is 3.57. The molecule has 5 heteroatoms. The van der Waals surface area contributed by atoms with Gasteiger partial charge in [-0.15, -0.1) is 11.3 Å². The molecule has 0 radical (unpaired) electrons. The Labute approximate surface area is 108 Å². The van der Waals surface area contributed by atoms with Gasteiger partial charge in [0, 0.05) is 10.6 Å². The Balaban J connectivity index is 2.43. The lowest BCUT2D eigenvalue weighted by Gasteiger charge is -2.00. The standard InChI is InChI=1S/C12H10ClNO2S/c1-7-12(8-4-2-3-5-9(8)13)17-10(14-7)6-11(15)16/h2-5H,6H2,1H3,(H,15,16). The van der Waals surface area contributed by atoms with E-state index in [0.29, 0.717) is 10.0 Å². The summed E-state index contributed by atoms with van der Waals surface area (Å²) in [6.07, 6.45) is -0.0457. The van der Waals surface area contributed by atoms with E-state index in [-0.39, 0.29) is 6.42 Å². The van der Waals surface area contributed by atoms with E-state index in [0.717, 1.165) is 16.1 Å². The summed E-state index contributed by atoms with van der Waals surface area (Å²) in [7, 11) is 0. The van der Waals surface area contributed by atoms with Crippen molar-refractivity contribution >= 4 is 28.9 Å². The van der Waals surface area contributed by atoms with Crippen LogP contribution in [0, 0.1) is 6.92 Å². The van der Waals surface area contributed by atoms with E-state index >= 15 is 0 Å². The third kappa shape index (κ3) is 2.65. The molecule has 0 amide bonds. The van der Waals surface area contributed by atoms with E-state index in [4.69, 9.17) is 16.7 Å². The quantitative estimate of drug-likeness (QED) is 0.927. The van der Waals surface area contributed by atoms with Gasteiger partial charge in [-0.05, 0) is 13.0 Å². The first kappa shape index (κ1) is 12.1. The minimum atomic E-state index is -0.871. The van der Waals surface area contributed by atoms with Gasteiger partial charge in [0.05, 0.1) is 17.0 Å². The lowest BCUT2D eigenvalue weighted by atomic mass is 10.2. The summed E-state index contributed by atoms with van der Waals surface area (Å²) in [6, 6.07) is 7.48. The maximum absolute atomic E-state index is 10.6. The van der Waals surface area contributed by atoms with E-state index in [1.807, 2.05) is 31.2 Å². The van der Waals surface area contributed by atoms with Crippen LogP contribution >= 0.6 is 22.9 Å². The van der Waals surface area contributed by atoms with Crippen LogP contribution in [-0.2, 0) is 11.2 Å². The normalized spacial score (nSPS) is 10.5. The fourth-order valence-electron chi connectivity index (χ4n) is 1.55. The molecule has 2 rings (SSSR count). The first-order valence-electron chi connectivity index (χ1n) is 5.01. The minimum Gasteiger partial charge on any atom is -0.481 e. The Morgan fingerprint density at radius 2 is 2.18 bits per heavy atom. The molecule has 88 valence electrons. The van der Waals surface area contributed by atoms with Crippen LogP contribution < -0.4 is 0 Å². The minimum absolute atomic E-state index is 0.0457. The lowest BCUT2D eigenvalue weighted by molar-refractivity contribution is -0.136. The second kappa shape index (κ2) is 4.85. The van der Waals surface area contributed by atoms with Crippen LogP contribution in [0.2, 0.25) is 5.02 Å². The number of aliphatic carboxylic acids is 1. The molecule has 1 N–H and O–H groups in total. The molecule has 0 unspecified atom stereocenters. The van der Waals surface area contributed by atoms with E-state index in [9.17, 15) is 4.79 Å². The van der Waals surface area contributed by atoms with Gasteiger partial charge in [0.1, 0.15) is 5.01 Å². The maximum atomic E-state index is 10.6. The smallest absolute Gasteiger partial charge is 0.310 e. The monoisotopic (exact) mass is 267 g/mol. The van der Waals surface area contributed by atoms with Crippen molar-refractivity contribution in [2.24, 2.45) is 0 Å². The van der Waals surface area contributed by atoms with Gasteiger partial charge in [0.25, 0.3) is 0 Å². The van der Waals surface area contributed by atoms with Crippen molar-refractivity contribution < 1.29 is 9.90 Å². The fraction of sp³-hybridized carbons (Fsp3) is 0.167. The maximum Gasteiger partial charge on any atom is 0.310 e. The van der Waals surface area contributed by atoms with Gasteiger partial charge >= 0.3 is 5.97 Å². The molecular weight excluding hydrogens is 258 g/mol. The van der Waals surface area contributed by atoms with Gasteiger partial charge in [-0.3, -0.25) is 4.79 Å². The van der Waals surface area contributed by atoms with Gasteiger partial charge in [-0.25, -0.2) is 4.98 Å². The molecule has 0 aliphatic rings. The zero-order chi connectivity index (χ0) is 12.4. The molecule has 0 saturated carbocycles. The molecule has 1 heterocycles. The summed E-state index contributed by atoms with van der Waals surface area (Å²) < 4.78 is 0. The van der Waals surface area contributed by atoms with Crippen molar-refractivity contribution in [3.63, 3.8) is 0 Å². The third-order valence-electron chi connectivity index (χ3n) is 2.26. The zero-order valence-corrected chi connectivity index (χ0v) is 10.7. The van der Waals surface area contributed by atoms with Crippen molar-refractivity contribution in [3.05, 3.63) is 40.0 Å². The first-order chi connectivity index (χ1) is 8.08. The number of hydrogen-bond donors (Lipinski definition) is 1. The van der Waals surface area contributed by atoms with E-state index in [2.05, 4.69) is 4.98 Å². The summed E-state index contributed by atoms with van der Waals surface area (Å²) in [5.41, 5.74) is 1.72. The summed E-state index contributed by atoms with van der Waals surface area (Å²) in [4.78, 5) is 15.8. The van der Waals surface area contributed by atoms with Crippen LogP contribution in [-0.4, -0.2) is 16.1 Å². The van der Waals surface area contributed by atoms with Crippen molar-refractivity contribution in [1.29, 1.82) is 0 Å². The van der Waals surface area contributed by atoms with Crippen molar-refractivity contribution in [1.82, 2.24) is 4.98 Å². The lowest BCUT2D eigenvalue weighted by Crippen LogP contribution is -1.98. The average Bonchev–Trinajstić information content (AvgIpc) is 2.59. The highest BCUT2D eigenvalue weighted by atomic mass is 35.5. The molecule has 0 aliphatic heterocycles. The molecule has 0 aliphatic carbocycles. The third-order valence-corrected chi connectivity index (χ3v) is 3.78. The predicted octanol–water partition coefficient (Wildman–Crippen LogP) is 3.40. The summed E-state index contributed by atoms with van der Waals surface area (Å²) >= 11 is 7.49. The highest BCUT2D eigenvalue weighted by molar-refractivity contribution is 7.15. The Bertz CT molecular complexity index is 565. The number of benzene rings is 1. The number of rotatable bonds is 3. The number of carboxylic acid groups (broad SMARTS) is 1. The number of thiazole rings is 1. The Morgan fingerprint density at radius 1 is 1.47 bits per heavy atom. The SMILES string of the molecule is Cc1nc(CC(=O)O)sc1-c1ccccc1Cl. The molecule has 3 nitrogen and oxygen atoms in total. The zero-order valence-electron chi connectivity index (χ0n) is 9.11. The molecule has 2 aromatic rings. The number of hydrogen-bond acceptors (Lipinski definition) is 3. The largest absolute Gasteiger partial charge is 0.481 e. The average molecular weight is 268 g/mol. The van der Waals surface area contributed by atoms with Gasteiger partial charge < -0.3 is 5.11 Å². The number of nitrogens with zero attached hydrogens (tertiary/aromatic N) is 1. The first-order valence-corrected chi connectivity index (χ1v) is 6.20. The molecule has 1 aromatic carbocycles. The Kier molecular flexibility index (Phi) is 3.45. The molecule has 0 bridgehead atoms. The molecule has 0 fully saturated rings. The Morgan fingerprint density at radius 3 is 2.82 bits per heavy atom. The predicted molar refractivity (Wildman–Crippen MR) is 68.6 cm³/mol. The Hall–Kier alpha value is -1.39. The summed E-state index contributed by atoms with van der Waals surface area (Å²) in [5, 5.41) is 9.99. The molecule has 17 heavy (non-hydrogen) atoms. The van der Waals surface area contributed by atoms with Crippen molar-refractivity contribution in [2.75, 3.05) is 0 Å². The van der Waals surface area contributed by atoms with Gasteiger partial charge in [-0.1, -0.05) is 29.8 Å². The van der Waals surface area contributed by atoms with E-state index in [1.165, 1.54) is 11.3 Å². The molecule has 0 spiro atoms. The van der Waals surface area contributed by atoms with Crippen molar-refractivity contribution in [2.45, 2.75) is 13.3 Å². The highest BCUT2D eigenvalue weighted by Crippen LogP contribution is 2.34. The van der Waals surface area contributed by atoms with Gasteiger partial charge in [-0.2, -0.15) is 0 Å².